The average molecular weight is 660 g/mol. The Morgan fingerprint density at radius 2 is 0.979 bits per heavy atom. The number of aliphatic hydroxyl groups is 3. The molecule has 0 spiro atoms. The topological polar surface area (TPSA) is 89.8 Å². The molecule has 3 unspecified atom stereocenters. The minimum Gasteiger partial charge on any atom is -0.394 e. The molecule has 0 aromatic carbocycles. The zero-order chi connectivity index (χ0) is 34.5. The monoisotopic (exact) mass is 660 g/mol. The summed E-state index contributed by atoms with van der Waals surface area (Å²) in [7, 11) is 0. The van der Waals surface area contributed by atoms with Crippen molar-refractivity contribution >= 4 is 5.91 Å². The molecule has 1 amide bonds. The van der Waals surface area contributed by atoms with E-state index in [-0.39, 0.29) is 18.9 Å². The highest BCUT2D eigenvalue weighted by molar-refractivity contribution is 5.76. The quantitative estimate of drug-likeness (QED) is 0.0310. The first-order valence-electron chi connectivity index (χ1n) is 19.9. The maximum Gasteiger partial charge on any atom is 0.222 e. The van der Waals surface area contributed by atoms with Crippen LogP contribution in [0.4, 0.5) is 0 Å². The van der Waals surface area contributed by atoms with E-state index in [0.717, 1.165) is 38.5 Å². The Labute approximate surface area is 291 Å². The molecule has 274 valence electrons. The summed E-state index contributed by atoms with van der Waals surface area (Å²) >= 11 is 0. The largest absolute Gasteiger partial charge is 0.394 e. The van der Waals surface area contributed by atoms with Crippen LogP contribution in [0.25, 0.3) is 0 Å². The molecule has 5 heteroatoms. The minimum atomic E-state index is -0.953. The maximum atomic E-state index is 12.4. The summed E-state index contributed by atoms with van der Waals surface area (Å²) in [5.41, 5.74) is 0. The Morgan fingerprint density at radius 1 is 0.553 bits per heavy atom. The predicted octanol–water partition coefficient (Wildman–Crippen LogP) is 11.0. The highest BCUT2D eigenvalue weighted by atomic mass is 16.3. The van der Waals surface area contributed by atoms with Crippen molar-refractivity contribution in [3.63, 3.8) is 0 Å². The second-order valence-electron chi connectivity index (χ2n) is 13.6. The van der Waals surface area contributed by atoms with Crippen LogP contribution in [0, 0.1) is 0 Å². The molecule has 0 aromatic heterocycles. The van der Waals surface area contributed by atoms with Crippen LogP contribution in [0.2, 0.25) is 0 Å². The zero-order valence-electron chi connectivity index (χ0n) is 30.9. The number of hydrogen-bond donors (Lipinski definition) is 4. The van der Waals surface area contributed by atoms with Crippen molar-refractivity contribution in [3.8, 4) is 0 Å². The van der Waals surface area contributed by atoms with E-state index in [1.165, 1.54) is 122 Å². The smallest absolute Gasteiger partial charge is 0.222 e. The summed E-state index contributed by atoms with van der Waals surface area (Å²) in [5.74, 6) is -0.332. The minimum absolute atomic E-state index is 0.000216. The molecule has 0 fully saturated rings. The van der Waals surface area contributed by atoms with Gasteiger partial charge in [-0.1, -0.05) is 172 Å². The lowest BCUT2D eigenvalue weighted by molar-refractivity contribution is -0.124. The molecule has 0 radical (unpaired) electrons. The van der Waals surface area contributed by atoms with Gasteiger partial charge in [-0.05, 0) is 57.8 Å². The normalized spacial score (nSPS) is 14.2. The lowest BCUT2D eigenvalue weighted by atomic mass is 10.0. The van der Waals surface area contributed by atoms with Crippen molar-refractivity contribution in [3.05, 3.63) is 48.6 Å². The summed E-state index contributed by atoms with van der Waals surface area (Å²) in [6.07, 6.45) is 46.6. The molecule has 0 aromatic rings. The number of allylic oxidation sites excluding steroid dienone is 7. The fourth-order valence-electron chi connectivity index (χ4n) is 5.76. The molecule has 0 aliphatic heterocycles. The second kappa shape index (κ2) is 37.1. The molecule has 3 atom stereocenters. The summed E-state index contributed by atoms with van der Waals surface area (Å²) in [6, 6.07) is -0.763. The molecule has 4 N–H and O–H groups in total. The van der Waals surface area contributed by atoms with E-state index in [1.54, 1.807) is 6.08 Å². The molecular formula is C42H77NO4. The van der Waals surface area contributed by atoms with Crippen LogP contribution < -0.4 is 5.32 Å². The van der Waals surface area contributed by atoms with Crippen LogP contribution >= 0.6 is 0 Å². The van der Waals surface area contributed by atoms with Crippen molar-refractivity contribution in [2.45, 2.75) is 205 Å². The summed E-state index contributed by atoms with van der Waals surface area (Å²) in [5, 5.41) is 33.1. The highest BCUT2D eigenvalue weighted by Crippen LogP contribution is 2.14. The van der Waals surface area contributed by atoms with Gasteiger partial charge >= 0.3 is 0 Å². The number of carbonyl (C=O) groups excluding carboxylic acids is 1. The van der Waals surface area contributed by atoms with Crippen molar-refractivity contribution in [1.29, 1.82) is 0 Å². The molecule has 0 rings (SSSR count). The van der Waals surface area contributed by atoms with Gasteiger partial charge in [0.2, 0.25) is 5.91 Å². The first-order chi connectivity index (χ1) is 23.0. The molecular weight excluding hydrogens is 582 g/mol. The first-order valence-corrected chi connectivity index (χ1v) is 19.9. The first kappa shape index (κ1) is 45.3. The predicted molar refractivity (Wildman–Crippen MR) is 204 cm³/mol. The van der Waals surface area contributed by atoms with Crippen LogP contribution in [-0.2, 0) is 4.79 Å². The summed E-state index contributed by atoms with van der Waals surface area (Å²) in [4.78, 5) is 12.4. The number of carbonyl (C=O) groups is 1. The fourth-order valence-corrected chi connectivity index (χ4v) is 5.76. The zero-order valence-corrected chi connectivity index (χ0v) is 30.9. The molecule has 0 heterocycles. The second-order valence-corrected chi connectivity index (χ2v) is 13.6. The Hall–Kier alpha value is -1.69. The van der Waals surface area contributed by atoms with Crippen LogP contribution in [0.3, 0.4) is 0 Å². The number of nitrogens with one attached hydrogen (secondary N) is 1. The van der Waals surface area contributed by atoms with E-state index >= 15 is 0 Å². The van der Waals surface area contributed by atoms with Crippen LogP contribution in [-0.4, -0.2) is 46.1 Å². The van der Waals surface area contributed by atoms with E-state index in [9.17, 15) is 20.1 Å². The average Bonchev–Trinajstić information content (AvgIpc) is 3.06. The van der Waals surface area contributed by atoms with E-state index in [4.69, 9.17) is 0 Å². The Kier molecular flexibility index (Phi) is 35.8. The highest BCUT2D eigenvalue weighted by Gasteiger charge is 2.20. The van der Waals surface area contributed by atoms with Gasteiger partial charge in [-0.2, -0.15) is 0 Å². The summed E-state index contributed by atoms with van der Waals surface area (Å²) in [6.45, 7) is 4.15. The molecule has 47 heavy (non-hydrogen) atoms. The number of hydrogen-bond acceptors (Lipinski definition) is 4. The molecule has 0 bridgehead atoms. The van der Waals surface area contributed by atoms with Gasteiger partial charge in [-0.15, -0.1) is 0 Å². The van der Waals surface area contributed by atoms with Gasteiger partial charge in [0, 0.05) is 0 Å². The van der Waals surface area contributed by atoms with Crippen LogP contribution in [0.1, 0.15) is 187 Å². The third-order valence-corrected chi connectivity index (χ3v) is 8.87. The number of amides is 1. The lowest BCUT2D eigenvalue weighted by Crippen LogP contribution is -2.45. The molecule has 0 aliphatic rings. The Bertz CT molecular complexity index is 775. The van der Waals surface area contributed by atoms with E-state index in [1.807, 2.05) is 6.08 Å². The molecule has 0 aliphatic carbocycles. The van der Waals surface area contributed by atoms with Crippen LogP contribution in [0.15, 0.2) is 48.6 Å². The van der Waals surface area contributed by atoms with Gasteiger partial charge in [0.15, 0.2) is 0 Å². The third kappa shape index (κ3) is 34.0. The fraction of sp³-hybridized carbons (Fsp3) is 0.786. The van der Waals surface area contributed by atoms with E-state index < -0.39 is 18.2 Å². The van der Waals surface area contributed by atoms with Crippen molar-refractivity contribution < 1.29 is 20.1 Å². The van der Waals surface area contributed by atoms with Gasteiger partial charge in [0.1, 0.15) is 0 Å². The van der Waals surface area contributed by atoms with Crippen molar-refractivity contribution in [1.82, 2.24) is 5.32 Å². The molecule has 0 saturated heterocycles. The SMILES string of the molecule is CCCCC/C=C\C=C/CCCCCCCCCCC(O)CC(=O)NC(CO)C(O)/C=C/CC/C=C/CCCCCCCCCCC. The van der Waals surface area contributed by atoms with Crippen molar-refractivity contribution in [2.75, 3.05) is 6.61 Å². The molecule has 5 nitrogen and oxygen atoms in total. The van der Waals surface area contributed by atoms with Crippen LogP contribution in [0.5, 0.6) is 0 Å². The number of unbranched alkanes of at least 4 members (excludes halogenated alkanes) is 21. The molecule has 0 saturated carbocycles. The van der Waals surface area contributed by atoms with E-state index in [2.05, 4.69) is 55.6 Å². The number of aliphatic hydroxyl groups excluding tert-OH is 3. The third-order valence-electron chi connectivity index (χ3n) is 8.87. The Balaban J connectivity index is 3.77. The van der Waals surface area contributed by atoms with Gasteiger partial charge < -0.3 is 20.6 Å². The van der Waals surface area contributed by atoms with Gasteiger partial charge in [-0.25, -0.2) is 0 Å². The van der Waals surface area contributed by atoms with E-state index in [0.29, 0.717) is 6.42 Å². The lowest BCUT2D eigenvalue weighted by Gasteiger charge is -2.21. The van der Waals surface area contributed by atoms with Crippen molar-refractivity contribution in [2.24, 2.45) is 0 Å². The van der Waals surface area contributed by atoms with Gasteiger partial charge in [0.05, 0.1) is 31.3 Å². The standard InChI is InChI=1S/C42H77NO4/c1-3-5-7-9-11-13-15-17-19-20-22-23-25-27-29-31-33-35-39(45)37-42(47)43-40(38-44)41(46)36-34-32-30-28-26-24-21-18-16-14-12-10-8-6-4-2/h11,13,15,17,26,28,34,36,39-41,44-46H,3-10,12,14,16,18-25,27,29-33,35,37-38H2,1-2H3,(H,43,47)/b13-11-,17-15-,28-26+,36-34+. The Morgan fingerprint density at radius 3 is 1.53 bits per heavy atom. The van der Waals surface area contributed by atoms with Gasteiger partial charge in [0.25, 0.3) is 0 Å². The maximum absolute atomic E-state index is 12.4. The summed E-state index contributed by atoms with van der Waals surface area (Å²) < 4.78 is 0. The number of rotatable bonds is 35. The van der Waals surface area contributed by atoms with Gasteiger partial charge in [-0.3, -0.25) is 4.79 Å².